The van der Waals surface area contributed by atoms with E-state index in [0.717, 1.165) is 23.5 Å². The van der Waals surface area contributed by atoms with Crippen LogP contribution in [0, 0.1) is 6.92 Å². The first-order chi connectivity index (χ1) is 9.43. The van der Waals surface area contributed by atoms with E-state index in [9.17, 15) is 13.2 Å². The molecular formula is C13H15F3N4. The van der Waals surface area contributed by atoms with Crippen molar-refractivity contribution in [3.8, 4) is 5.69 Å². The van der Waals surface area contributed by atoms with Crippen molar-refractivity contribution in [1.82, 2.24) is 9.78 Å². The molecule has 0 amide bonds. The van der Waals surface area contributed by atoms with Gasteiger partial charge in [0.25, 0.3) is 0 Å². The maximum Gasteiger partial charge on any atom is 0.416 e. The number of rotatable bonds is 4. The molecule has 0 aliphatic rings. The van der Waals surface area contributed by atoms with Crippen LogP contribution in [-0.4, -0.2) is 22.9 Å². The fourth-order valence-corrected chi connectivity index (χ4v) is 1.86. The number of hydrogen-bond acceptors (Lipinski definition) is 3. The quantitative estimate of drug-likeness (QED) is 0.907. The van der Waals surface area contributed by atoms with Gasteiger partial charge in [-0.3, -0.25) is 0 Å². The molecule has 0 aliphatic carbocycles. The molecule has 1 aromatic heterocycles. The highest BCUT2D eigenvalue weighted by Crippen LogP contribution is 2.30. The molecule has 0 aliphatic heterocycles. The first kappa shape index (κ1) is 14.4. The van der Waals surface area contributed by atoms with Crippen molar-refractivity contribution < 1.29 is 13.2 Å². The molecule has 2 rings (SSSR count). The summed E-state index contributed by atoms with van der Waals surface area (Å²) in [6.07, 6.45) is -2.79. The SMILES string of the molecule is Cc1c(NCCN)cnn1-c1cccc(C(F)(F)F)c1. The van der Waals surface area contributed by atoms with Crippen molar-refractivity contribution >= 4 is 5.69 Å². The molecule has 0 atom stereocenters. The molecule has 0 bridgehead atoms. The van der Waals surface area contributed by atoms with Crippen LogP contribution < -0.4 is 11.1 Å². The molecule has 108 valence electrons. The summed E-state index contributed by atoms with van der Waals surface area (Å²) >= 11 is 0. The topological polar surface area (TPSA) is 55.9 Å². The fraction of sp³-hybridized carbons (Fsp3) is 0.308. The molecule has 7 heteroatoms. The molecule has 0 saturated heterocycles. The second kappa shape index (κ2) is 5.54. The molecule has 0 spiro atoms. The number of halogens is 3. The van der Waals surface area contributed by atoms with E-state index in [-0.39, 0.29) is 0 Å². The summed E-state index contributed by atoms with van der Waals surface area (Å²) in [5.41, 5.74) is 6.57. The predicted molar refractivity (Wildman–Crippen MR) is 70.8 cm³/mol. The second-order valence-electron chi connectivity index (χ2n) is 4.32. The molecule has 0 unspecified atom stereocenters. The van der Waals surface area contributed by atoms with E-state index < -0.39 is 11.7 Å². The van der Waals surface area contributed by atoms with E-state index in [2.05, 4.69) is 10.4 Å². The van der Waals surface area contributed by atoms with Gasteiger partial charge in [-0.1, -0.05) is 6.07 Å². The average molecular weight is 284 g/mol. The largest absolute Gasteiger partial charge is 0.416 e. The number of aromatic nitrogens is 2. The van der Waals surface area contributed by atoms with Gasteiger partial charge in [-0.15, -0.1) is 0 Å². The number of anilines is 1. The Kier molecular flexibility index (Phi) is 3.99. The third kappa shape index (κ3) is 2.93. The summed E-state index contributed by atoms with van der Waals surface area (Å²) in [4.78, 5) is 0. The van der Waals surface area contributed by atoms with E-state index in [1.54, 1.807) is 19.2 Å². The van der Waals surface area contributed by atoms with Gasteiger partial charge >= 0.3 is 6.18 Å². The maximum atomic E-state index is 12.7. The number of nitrogens with one attached hydrogen (secondary N) is 1. The summed E-state index contributed by atoms with van der Waals surface area (Å²) in [6.45, 7) is 2.83. The summed E-state index contributed by atoms with van der Waals surface area (Å²) in [5, 5.41) is 7.18. The Balaban J connectivity index is 2.35. The van der Waals surface area contributed by atoms with Crippen molar-refractivity contribution in [2.24, 2.45) is 5.73 Å². The normalized spacial score (nSPS) is 11.7. The van der Waals surface area contributed by atoms with Crippen LogP contribution in [0.3, 0.4) is 0 Å². The van der Waals surface area contributed by atoms with Gasteiger partial charge < -0.3 is 11.1 Å². The minimum absolute atomic E-state index is 0.373. The maximum absolute atomic E-state index is 12.7. The monoisotopic (exact) mass is 284 g/mol. The second-order valence-corrected chi connectivity index (χ2v) is 4.32. The lowest BCUT2D eigenvalue weighted by molar-refractivity contribution is -0.137. The van der Waals surface area contributed by atoms with E-state index >= 15 is 0 Å². The molecule has 20 heavy (non-hydrogen) atoms. The number of nitrogens with two attached hydrogens (primary N) is 1. The standard InChI is InChI=1S/C13H15F3N4/c1-9-12(18-6-5-17)8-19-20(9)11-4-2-3-10(7-11)13(14,15)16/h2-4,7-8,18H,5-6,17H2,1H3. The molecule has 2 aromatic rings. The van der Waals surface area contributed by atoms with E-state index in [1.807, 2.05) is 0 Å². The molecule has 0 fully saturated rings. The molecule has 1 aromatic carbocycles. The zero-order chi connectivity index (χ0) is 14.8. The number of nitrogens with zero attached hydrogens (tertiary/aromatic N) is 2. The molecule has 1 heterocycles. The van der Waals surface area contributed by atoms with E-state index in [0.29, 0.717) is 18.8 Å². The molecule has 0 radical (unpaired) electrons. The van der Waals surface area contributed by atoms with Crippen LogP contribution in [0.15, 0.2) is 30.5 Å². The van der Waals surface area contributed by atoms with Crippen LogP contribution in [0.5, 0.6) is 0 Å². The van der Waals surface area contributed by atoms with Crippen LogP contribution in [0.1, 0.15) is 11.3 Å². The summed E-state index contributed by atoms with van der Waals surface area (Å²) in [7, 11) is 0. The molecule has 0 saturated carbocycles. The van der Waals surface area contributed by atoms with Crippen LogP contribution in [0.4, 0.5) is 18.9 Å². The van der Waals surface area contributed by atoms with Crippen molar-refractivity contribution in [2.75, 3.05) is 18.4 Å². The summed E-state index contributed by atoms with van der Waals surface area (Å²) in [5.74, 6) is 0. The highest BCUT2D eigenvalue weighted by molar-refractivity contribution is 5.50. The van der Waals surface area contributed by atoms with Gasteiger partial charge in [0, 0.05) is 13.1 Å². The number of hydrogen-bond donors (Lipinski definition) is 2. The Bertz CT molecular complexity index is 590. The molecular weight excluding hydrogens is 269 g/mol. The first-order valence-electron chi connectivity index (χ1n) is 6.09. The number of alkyl halides is 3. The third-order valence-corrected chi connectivity index (χ3v) is 2.89. The Morgan fingerprint density at radius 3 is 2.75 bits per heavy atom. The van der Waals surface area contributed by atoms with Gasteiger partial charge in [0.15, 0.2) is 0 Å². The first-order valence-corrected chi connectivity index (χ1v) is 6.09. The predicted octanol–water partition coefficient (Wildman–Crippen LogP) is 2.57. The Morgan fingerprint density at radius 2 is 2.10 bits per heavy atom. The lowest BCUT2D eigenvalue weighted by Gasteiger charge is -2.10. The number of benzene rings is 1. The van der Waals surface area contributed by atoms with Crippen molar-refractivity contribution in [3.63, 3.8) is 0 Å². The molecule has 3 N–H and O–H groups in total. The highest BCUT2D eigenvalue weighted by Gasteiger charge is 2.30. The fourth-order valence-electron chi connectivity index (χ4n) is 1.86. The van der Waals surface area contributed by atoms with Crippen LogP contribution in [0.2, 0.25) is 0 Å². The smallest absolute Gasteiger partial charge is 0.381 e. The Morgan fingerprint density at radius 1 is 1.35 bits per heavy atom. The van der Waals surface area contributed by atoms with Crippen LogP contribution in [0.25, 0.3) is 5.69 Å². The zero-order valence-corrected chi connectivity index (χ0v) is 10.9. The minimum Gasteiger partial charge on any atom is -0.381 e. The highest BCUT2D eigenvalue weighted by atomic mass is 19.4. The van der Waals surface area contributed by atoms with Gasteiger partial charge in [-0.25, -0.2) is 4.68 Å². The summed E-state index contributed by atoms with van der Waals surface area (Å²) in [6, 6.07) is 5.07. The van der Waals surface area contributed by atoms with E-state index in [1.165, 1.54) is 10.7 Å². The third-order valence-electron chi connectivity index (χ3n) is 2.89. The van der Waals surface area contributed by atoms with E-state index in [4.69, 9.17) is 5.73 Å². The molecule has 4 nitrogen and oxygen atoms in total. The lowest BCUT2D eigenvalue weighted by atomic mass is 10.2. The van der Waals surface area contributed by atoms with Crippen molar-refractivity contribution in [3.05, 3.63) is 41.7 Å². The van der Waals surface area contributed by atoms with Gasteiger partial charge in [0.1, 0.15) is 0 Å². The Hall–Kier alpha value is -2.02. The van der Waals surface area contributed by atoms with Crippen molar-refractivity contribution in [1.29, 1.82) is 0 Å². The van der Waals surface area contributed by atoms with Gasteiger partial charge in [-0.05, 0) is 25.1 Å². The van der Waals surface area contributed by atoms with Crippen LogP contribution in [-0.2, 0) is 6.18 Å². The Labute approximate surface area is 114 Å². The minimum atomic E-state index is -4.36. The van der Waals surface area contributed by atoms with Gasteiger partial charge in [0.05, 0.1) is 28.8 Å². The van der Waals surface area contributed by atoms with Crippen molar-refractivity contribution in [2.45, 2.75) is 13.1 Å². The van der Waals surface area contributed by atoms with Crippen LogP contribution >= 0.6 is 0 Å². The van der Waals surface area contributed by atoms with Gasteiger partial charge in [-0.2, -0.15) is 18.3 Å². The lowest BCUT2D eigenvalue weighted by Crippen LogP contribution is -2.13. The summed E-state index contributed by atoms with van der Waals surface area (Å²) < 4.78 is 39.6. The average Bonchev–Trinajstić information content (AvgIpc) is 2.77. The zero-order valence-electron chi connectivity index (χ0n) is 10.9. The van der Waals surface area contributed by atoms with Gasteiger partial charge in [0.2, 0.25) is 0 Å².